The number of nitro benzene ring substituents is 1. The summed E-state index contributed by atoms with van der Waals surface area (Å²) >= 11 is 0. The lowest BCUT2D eigenvalue weighted by Crippen LogP contribution is -2.28. The molecular formula is C15H22N2O7S. The Hall–Kier alpha value is -2.04. The highest BCUT2D eigenvalue weighted by Gasteiger charge is 2.24. The summed E-state index contributed by atoms with van der Waals surface area (Å²) in [5.74, 6) is -0.409. The monoisotopic (exact) mass is 374 g/mol. The van der Waals surface area contributed by atoms with E-state index < -0.39 is 37.1 Å². The number of carbonyl (C=O) groups is 1. The number of hydrogen-bond acceptors (Lipinski definition) is 7. The minimum atomic E-state index is -4.03. The Morgan fingerprint density at radius 1 is 1.24 bits per heavy atom. The fourth-order valence-electron chi connectivity index (χ4n) is 1.81. The van der Waals surface area contributed by atoms with Crippen molar-refractivity contribution in [3.8, 4) is 0 Å². The highest BCUT2D eigenvalue weighted by Crippen LogP contribution is 2.22. The summed E-state index contributed by atoms with van der Waals surface area (Å²) in [6.45, 7) is 5.28. The average molecular weight is 374 g/mol. The molecule has 0 aliphatic heterocycles. The molecule has 1 aromatic rings. The van der Waals surface area contributed by atoms with Crippen molar-refractivity contribution in [1.82, 2.24) is 4.72 Å². The van der Waals surface area contributed by atoms with Crippen molar-refractivity contribution >= 4 is 21.7 Å². The summed E-state index contributed by atoms with van der Waals surface area (Å²) in [6, 6.07) is 5.06. The Morgan fingerprint density at radius 3 is 2.48 bits per heavy atom. The van der Waals surface area contributed by atoms with Gasteiger partial charge in [-0.05, 0) is 26.8 Å². The number of ether oxygens (including phenoxy) is 2. The predicted octanol–water partition coefficient (Wildman–Crippen LogP) is 1.62. The normalized spacial score (nSPS) is 12.0. The van der Waals surface area contributed by atoms with Crippen molar-refractivity contribution < 1.29 is 27.6 Å². The first-order valence-electron chi connectivity index (χ1n) is 7.55. The van der Waals surface area contributed by atoms with Crippen LogP contribution >= 0.6 is 0 Å². The third-order valence-corrected chi connectivity index (χ3v) is 4.27. The number of nitro groups is 1. The molecule has 9 nitrogen and oxygen atoms in total. The van der Waals surface area contributed by atoms with Gasteiger partial charge >= 0.3 is 5.97 Å². The van der Waals surface area contributed by atoms with Gasteiger partial charge in [0.25, 0.3) is 5.69 Å². The van der Waals surface area contributed by atoms with Gasteiger partial charge in [0.15, 0.2) is 4.90 Å². The zero-order chi connectivity index (χ0) is 19.1. The van der Waals surface area contributed by atoms with E-state index in [9.17, 15) is 23.3 Å². The summed E-state index contributed by atoms with van der Waals surface area (Å²) in [7, 11) is -4.03. The van der Waals surface area contributed by atoms with Gasteiger partial charge in [0.1, 0.15) is 5.60 Å². The van der Waals surface area contributed by atoms with Crippen LogP contribution in [-0.2, 0) is 24.3 Å². The first kappa shape index (κ1) is 21.0. The summed E-state index contributed by atoms with van der Waals surface area (Å²) in [5.41, 5.74) is -1.07. The van der Waals surface area contributed by atoms with E-state index in [4.69, 9.17) is 9.47 Å². The van der Waals surface area contributed by atoms with Crippen molar-refractivity contribution in [2.24, 2.45) is 0 Å². The Kier molecular flexibility index (Phi) is 7.46. The first-order valence-corrected chi connectivity index (χ1v) is 9.04. The molecule has 1 aromatic carbocycles. The minimum absolute atomic E-state index is 0.0165. The molecule has 0 heterocycles. The number of sulfonamides is 1. The number of nitrogens with zero attached hydrogens (tertiary/aromatic N) is 1. The Labute approximate surface area is 146 Å². The van der Waals surface area contributed by atoms with Gasteiger partial charge in [0.05, 0.1) is 24.6 Å². The lowest BCUT2D eigenvalue weighted by Gasteiger charge is -2.19. The predicted molar refractivity (Wildman–Crippen MR) is 89.6 cm³/mol. The summed E-state index contributed by atoms with van der Waals surface area (Å²) < 4.78 is 36.7. The van der Waals surface area contributed by atoms with Crippen LogP contribution in [0.3, 0.4) is 0 Å². The summed E-state index contributed by atoms with van der Waals surface area (Å²) in [6.07, 6.45) is 0.0498. The zero-order valence-corrected chi connectivity index (χ0v) is 15.2. The van der Waals surface area contributed by atoms with E-state index >= 15 is 0 Å². The second kappa shape index (κ2) is 8.88. The maximum atomic E-state index is 12.1. The second-order valence-corrected chi connectivity index (χ2v) is 7.81. The van der Waals surface area contributed by atoms with Crippen molar-refractivity contribution in [1.29, 1.82) is 0 Å². The van der Waals surface area contributed by atoms with Crippen molar-refractivity contribution in [2.45, 2.75) is 37.7 Å². The van der Waals surface area contributed by atoms with Crippen LogP contribution in [0, 0.1) is 10.1 Å². The molecule has 1 N–H and O–H groups in total. The average Bonchev–Trinajstić information content (AvgIpc) is 2.49. The van der Waals surface area contributed by atoms with Crippen LogP contribution in [-0.4, -0.2) is 44.7 Å². The number of para-hydroxylation sites is 1. The van der Waals surface area contributed by atoms with Crippen LogP contribution in [0.1, 0.15) is 27.2 Å². The quantitative estimate of drug-likeness (QED) is 0.301. The molecule has 0 radical (unpaired) electrons. The zero-order valence-electron chi connectivity index (χ0n) is 14.4. The van der Waals surface area contributed by atoms with Gasteiger partial charge in [-0.1, -0.05) is 12.1 Å². The van der Waals surface area contributed by atoms with Gasteiger partial charge < -0.3 is 9.47 Å². The van der Waals surface area contributed by atoms with Crippen molar-refractivity contribution in [3.63, 3.8) is 0 Å². The van der Waals surface area contributed by atoms with E-state index in [0.29, 0.717) is 0 Å². The first-order chi connectivity index (χ1) is 11.5. The van der Waals surface area contributed by atoms with Crippen molar-refractivity contribution in [3.05, 3.63) is 34.4 Å². The van der Waals surface area contributed by atoms with Crippen LogP contribution in [0.5, 0.6) is 0 Å². The Balaban J connectivity index is 2.41. The minimum Gasteiger partial charge on any atom is -0.460 e. The third kappa shape index (κ3) is 7.59. The number of nitrogens with one attached hydrogen (secondary N) is 1. The van der Waals surface area contributed by atoms with Gasteiger partial charge in [-0.25, -0.2) is 13.1 Å². The van der Waals surface area contributed by atoms with Crippen molar-refractivity contribution in [2.75, 3.05) is 19.8 Å². The molecule has 10 heteroatoms. The molecule has 0 aromatic heterocycles. The van der Waals surface area contributed by atoms with E-state index in [2.05, 4.69) is 4.72 Å². The van der Waals surface area contributed by atoms with Gasteiger partial charge in [-0.2, -0.15) is 0 Å². The lowest BCUT2D eigenvalue weighted by molar-refractivity contribution is -0.387. The van der Waals surface area contributed by atoms with E-state index in [1.165, 1.54) is 12.1 Å². The van der Waals surface area contributed by atoms with Crippen LogP contribution in [0.15, 0.2) is 29.2 Å². The maximum Gasteiger partial charge on any atom is 0.308 e. The Bertz CT molecular complexity index is 711. The van der Waals surface area contributed by atoms with Crippen LogP contribution in [0.2, 0.25) is 0 Å². The number of rotatable bonds is 9. The van der Waals surface area contributed by atoms with Gasteiger partial charge in [-0.3, -0.25) is 14.9 Å². The standard InChI is InChI=1S/C15H22N2O7S/c1-15(2,3)24-14(18)8-10-23-11-9-16-25(21,22)13-7-5-4-6-12(13)17(19)20/h4-7,16H,8-11H2,1-3H3. The number of benzene rings is 1. The van der Waals surface area contributed by atoms with E-state index in [1.807, 2.05) is 0 Å². The highest BCUT2D eigenvalue weighted by atomic mass is 32.2. The SMILES string of the molecule is CC(C)(C)OC(=O)CCOCCNS(=O)(=O)c1ccccc1[N+](=O)[O-]. The summed E-state index contributed by atoms with van der Waals surface area (Å²) in [4.78, 5) is 21.2. The molecule has 0 spiro atoms. The number of carbonyl (C=O) groups excluding carboxylic acids is 1. The second-order valence-electron chi connectivity index (χ2n) is 6.07. The molecule has 140 valence electrons. The molecule has 0 saturated heterocycles. The van der Waals surface area contributed by atoms with Crippen LogP contribution in [0.25, 0.3) is 0 Å². The van der Waals surface area contributed by atoms with Gasteiger partial charge in [0.2, 0.25) is 10.0 Å². The fraction of sp³-hybridized carbons (Fsp3) is 0.533. The summed E-state index contributed by atoms with van der Waals surface area (Å²) in [5, 5.41) is 10.9. The molecule has 25 heavy (non-hydrogen) atoms. The molecular weight excluding hydrogens is 352 g/mol. The third-order valence-electron chi connectivity index (χ3n) is 2.76. The molecule has 1 rings (SSSR count). The molecule has 0 fully saturated rings. The molecule has 0 saturated carbocycles. The van der Waals surface area contributed by atoms with E-state index in [-0.39, 0.29) is 26.2 Å². The van der Waals surface area contributed by atoms with Gasteiger partial charge in [-0.15, -0.1) is 0 Å². The smallest absolute Gasteiger partial charge is 0.308 e. The highest BCUT2D eigenvalue weighted by molar-refractivity contribution is 7.89. The fourth-order valence-corrected chi connectivity index (χ4v) is 2.99. The largest absolute Gasteiger partial charge is 0.460 e. The maximum absolute atomic E-state index is 12.1. The molecule has 0 unspecified atom stereocenters. The van der Waals surface area contributed by atoms with E-state index in [0.717, 1.165) is 12.1 Å². The lowest BCUT2D eigenvalue weighted by atomic mass is 10.2. The molecule has 0 atom stereocenters. The topological polar surface area (TPSA) is 125 Å². The number of esters is 1. The molecule has 0 aliphatic rings. The molecule has 0 amide bonds. The van der Waals surface area contributed by atoms with Crippen LogP contribution in [0.4, 0.5) is 5.69 Å². The molecule has 0 aliphatic carbocycles. The van der Waals surface area contributed by atoms with Crippen LogP contribution < -0.4 is 4.72 Å². The van der Waals surface area contributed by atoms with E-state index in [1.54, 1.807) is 20.8 Å². The molecule has 0 bridgehead atoms. The van der Waals surface area contributed by atoms with Gasteiger partial charge in [0, 0.05) is 12.6 Å². The number of hydrogen-bond donors (Lipinski definition) is 1. The Morgan fingerprint density at radius 2 is 1.88 bits per heavy atom.